The van der Waals surface area contributed by atoms with Gasteiger partial charge in [0.25, 0.3) is 0 Å². The van der Waals surface area contributed by atoms with Gasteiger partial charge in [0.2, 0.25) is 5.91 Å². The summed E-state index contributed by atoms with van der Waals surface area (Å²) in [7, 11) is 0. The van der Waals surface area contributed by atoms with Gasteiger partial charge in [0.1, 0.15) is 5.71 Å². The van der Waals surface area contributed by atoms with E-state index >= 15 is 0 Å². The monoisotopic (exact) mass is 319 g/mol. The summed E-state index contributed by atoms with van der Waals surface area (Å²) in [5, 5.41) is 6.90. The molecule has 2 aromatic rings. The van der Waals surface area contributed by atoms with Crippen LogP contribution in [0.5, 0.6) is 0 Å². The van der Waals surface area contributed by atoms with E-state index in [4.69, 9.17) is 0 Å². The van der Waals surface area contributed by atoms with Crippen LogP contribution in [-0.2, 0) is 16.0 Å². The number of carbonyl (C=O) groups excluding carboxylic acids is 2. The van der Waals surface area contributed by atoms with Crippen LogP contribution in [0.4, 0.5) is 5.69 Å². The number of aldehydes is 1. The molecule has 5 nitrogen and oxygen atoms in total. The van der Waals surface area contributed by atoms with Crippen molar-refractivity contribution in [2.45, 2.75) is 12.8 Å². The number of hydrogen-bond acceptors (Lipinski definition) is 4. The topological polar surface area (TPSA) is 70.6 Å². The van der Waals surface area contributed by atoms with Gasteiger partial charge in [-0.2, -0.15) is 5.10 Å². The summed E-state index contributed by atoms with van der Waals surface area (Å²) in [6.07, 6.45) is 3.47. The fourth-order valence-electron chi connectivity index (χ4n) is 2.44. The zero-order chi connectivity index (χ0) is 16.8. The van der Waals surface area contributed by atoms with E-state index in [0.29, 0.717) is 18.6 Å². The number of benzene rings is 2. The molecule has 1 heterocycles. The third-order valence-electron chi connectivity index (χ3n) is 3.64. The Morgan fingerprint density at radius 2 is 2.00 bits per heavy atom. The van der Waals surface area contributed by atoms with E-state index in [-0.39, 0.29) is 5.91 Å². The predicted molar refractivity (Wildman–Crippen MR) is 94.4 cm³/mol. The number of carbonyl (C=O) groups is 2. The first kappa shape index (κ1) is 15.7. The van der Waals surface area contributed by atoms with Gasteiger partial charge in [-0.05, 0) is 17.7 Å². The fraction of sp³-hybridized carbons (Fsp3) is 0.105. The van der Waals surface area contributed by atoms with Crippen LogP contribution in [0.25, 0.3) is 5.70 Å². The minimum Gasteiger partial charge on any atom is -0.326 e. The van der Waals surface area contributed by atoms with Crippen LogP contribution in [0.1, 0.15) is 17.5 Å². The molecular weight excluding hydrogens is 302 g/mol. The van der Waals surface area contributed by atoms with Crippen LogP contribution in [-0.4, -0.2) is 17.9 Å². The van der Waals surface area contributed by atoms with Crippen molar-refractivity contribution in [1.82, 2.24) is 5.43 Å². The molecule has 0 aromatic heterocycles. The second-order valence-corrected chi connectivity index (χ2v) is 5.45. The normalized spacial score (nSPS) is 13.3. The van der Waals surface area contributed by atoms with Crippen molar-refractivity contribution in [2.75, 3.05) is 5.32 Å². The lowest BCUT2D eigenvalue weighted by Gasteiger charge is -2.13. The SMILES string of the molecule is O=CC1=NNC(c2cccc(NC(=O)Cc3ccccc3)c2)=CC1. The largest absolute Gasteiger partial charge is 0.326 e. The summed E-state index contributed by atoms with van der Waals surface area (Å²) < 4.78 is 0. The maximum absolute atomic E-state index is 12.1. The van der Waals surface area contributed by atoms with Crippen molar-refractivity contribution in [3.8, 4) is 0 Å². The van der Waals surface area contributed by atoms with Crippen LogP contribution in [0.2, 0.25) is 0 Å². The first-order valence-electron chi connectivity index (χ1n) is 7.67. The average Bonchev–Trinajstić information content (AvgIpc) is 2.63. The molecule has 2 aromatic carbocycles. The maximum atomic E-state index is 12.1. The molecule has 24 heavy (non-hydrogen) atoms. The summed E-state index contributed by atoms with van der Waals surface area (Å²) in [6.45, 7) is 0. The number of allylic oxidation sites excluding steroid dienone is 1. The van der Waals surface area contributed by atoms with Crippen LogP contribution < -0.4 is 10.7 Å². The molecule has 0 spiro atoms. The molecule has 0 bridgehead atoms. The van der Waals surface area contributed by atoms with E-state index in [1.807, 2.05) is 60.7 Å². The maximum Gasteiger partial charge on any atom is 0.228 e. The predicted octanol–water partition coefficient (Wildman–Crippen LogP) is 2.76. The van der Waals surface area contributed by atoms with E-state index in [0.717, 1.165) is 28.8 Å². The lowest BCUT2D eigenvalue weighted by atomic mass is 10.1. The van der Waals surface area contributed by atoms with Gasteiger partial charge in [0, 0.05) is 17.7 Å². The Morgan fingerprint density at radius 3 is 2.71 bits per heavy atom. The molecule has 0 unspecified atom stereocenters. The number of nitrogens with one attached hydrogen (secondary N) is 2. The molecule has 5 heteroatoms. The molecule has 3 rings (SSSR count). The van der Waals surface area contributed by atoms with Gasteiger partial charge in [-0.3, -0.25) is 15.0 Å². The molecule has 0 saturated carbocycles. The van der Waals surface area contributed by atoms with E-state index in [1.165, 1.54) is 0 Å². The van der Waals surface area contributed by atoms with E-state index in [1.54, 1.807) is 0 Å². The van der Waals surface area contributed by atoms with E-state index < -0.39 is 0 Å². The molecule has 0 saturated heterocycles. The highest BCUT2D eigenvalue weighted by Gasteiger charge is 2.09. The minimum absolute atomic E-state index is 0.0646. The van der Waals surface area contributed by atoms with Gasteiger partial charge in [-0.25, -0.2) is 0 Å². The van der Waals surface area contributed by atoms with Crippen molar-refractivity contribution in [3.63, 3.8) is 0 Å². The van der Waals surface area contributed by atoms with Gasteiger partial charge < -0.3 is 5.32 Å². The molecular formula is C19H17N3O2. The smallest absolute Gasteiger partial charge is 0.228 e. The van der Waals surface area contributed by atoms with Gasteiger partial charge >= 0.3 is 0 Å². The van der Waals surface area contributed by atoms with Crippen molar-refractivity contribution in [2.24, 2.45) is 5.10 Å². The van der Waals surface area contributed by atoms with Crippen molar-refractivity contribution < 1.29 is 9.59 Å². The molecule has 0 aliphatic carbocycles. The number of anilines is 1. The lowest BCUT2D eigenvalue weighted by Crippen LogP contribution is -2.16. The quantitative estimate of drug-likeness (QED) is 0.833. The zero-order valence-electron chi connectivity index (χ0n) is 13.0. The number of hydrazone groups is 1. The minimum atomic E-state index is -0.0646. The van der Waals surface area contributed by atoms with Crippen molar-refractivity contribution in [3.05, 3.63) is 71.8 Å². The van der Waals surface area contributed by atoms with Gasteiger partial charge in [0.15, 0.2) is 6.29 Å². The Kier molecular flexibility index (Phi) is 4.81. The number of hydrogen-bond donors (Lipinski definition) is 2. The first-order valence-corrected chi connectivity index (χ1v) is 7.67. The Hall–Kier alpha value is -3.21. The summed E-state index contributed by atoms with van der Waals surface area (Å²) >= 11 is 0. The fourth-order valence-corrected chi connectivity index (χ4v) is 2.44. The summed E-state index contributed by atoms with van der Waals surface area (Å²) in [4.78, 5) is 22.8. The van der Waals surface area contributed by atoms with Gasteiger partial charge in [-0.1, -0.05) is 48.5 Å². The van der Waals surface area contributed by atoms with Crippen LogP contribution in [0.15, 0.2) is 65.8 Å². The summed E-state index contributed by atoms with van der Waals surface area (Å²) in [5.41, 5.74) is 6.74. The lowest BCUT2D eigenvalue weighted by molar-refractivity contribution is -0.115. The molecule has 2 N–H and O–H groups in total. The first-order chi connectivity index (χ1) is 11.7. The highest BCUT2D eigenvalue weighted by Crippen LogP contribution is 2.19. The molecule has 120 valence electrons. The van der Waals surface area contributed by atoms with Crippen molar-refractivity contribution >= 4 is 29.3 Å². The zero-order valence-corrected chi connectivity index (χ0v) is 13.0. The van der Waals surface area contributed by atoms with E-state index in [9.17, 15) is 9.59 Å². The number of amides is 1. The highest BCUT2D eigenvalue weighted by atomic mass is 16.1. The molecule has 1 aliphatic heterocycles. The third kappa shape index (κ3) is 3.95. The van der Waals surface area contributed by atoms with Gasteiger partial charge in [0.05, 0.1) is 12.1 Å². The molecule has 0 atom stereocenters. The second-order valence-electron chi connectivity index (χ2n) is 5.45. The molecule has 0 fully saturated rings. The Balaban J connectivity index is 1.66. The Labute approximate surface area is 140 Å². The Bertz CT molecular complexity index is 810. The van der Waals surface area contributed by atoms with Crippen LogP contribution >= 0.6 is 0 Å². The van der Waals surface area contributed by atoms with Crippen LogP contribution in [0, 0.1) is 0 Å². The third-order valence-corrected chi connectivity index (χ3v) is 3.64. The summed E-state index contributed by atoms with van der Waals surface area (Å²) in [5.74, 6) is -0.0646. The second kappa shape index (κ2) is 7.37. The molecule has 1 amide bonds. The summed E-state index contributed by atoms with van der Waals surface area (Å²) in [6, 6.07) is 17.1. The highest BCUT2D eigenvalue weighted by molar-refractivity contribution is 6.29. The Morgan fingerprint density at radius 1 is 1.17 bits per heavy atom. The number of nitrogens with zero attached hydrogens (tertiary/aromatic N) is 1. The number of rotatable bonds is 5. The van der Waals surface area contributed by atoms with Gasteiger partial charge in [-0.15, -0.1) is 0 Å². The molecule has 0 radical (unpaired) electrons. The average molecular weight is 319 g/mol. The van der Waals surface area contributed by atoms with Crippen molar-refractivity contribution in [1.29, 1.82) is 0 Å². The standard InChI is InChI=1S/C19H17N3O2/c23-13-17-9-10-18(22-21-17)15-7-4-8-16(12-15)20-19(24)11-14-5-2-1-3-6-14/h1-8,10,12-13,22H,9,11H2,(H,20,24). The molecule has 1 aliphatic rings. The van der Waals surface area contributed by atoms with E-state index in [2.05, 4.69) is 15.8 Å². The van der Waals surface area contributed by atoms with Crippen LogP contribution in [0.3, 0.4) is 0 Å².